The molecule has 0 saturated heterocycles. The summed E-state index contributed by atoms with van der Waals surface area (Å²) in [6.07, 6.45) is 52.6. The molecule has 0 aromatic rings. The number of unbranched alkanes of at least 4 members (excludes halogenated alkanes) is 35. The highest BCUT2D eigenvalue weighted by Gasteiger charge is 2.07. The van der Waals surface area contributed by atoms with Crippen molar-refractivity contribution in [3.05, 3.63) is 0 Å². The molecule has 0 aromatic carbocycles. The van der Waals surface area contributed by atoms with Gasteiger partial charge in [0.15, 0.2) is 0 Å². The van der Waals surface area contributed by atoms with E-state index in [0.29, 0.717) is 18.7 Å². The van der Waals surface area contributed by atoms with Gasteiger partial charge in [-0.3, -0.25) is 9.59 Å². The third-order valence-electron chi connectivity index (χ3n) is 11.3. The van der Waals surface area contributed by atoms with E-state index in [2.05, 4.69) is 19.2 Å². The fraction of sp³-hybridized carbons (Fsp3) is 0.958. The number of ketones is 1. The molecule has 1 amide bonds. The first-order valence-corrected chi connectivity index (χ1v) is 24.1. The zero-order valence-corrected chi connectivity index (χ0v) is 35.7. The van der Waals surface area contributed by atoms with Crippen LogP contribution in [0.15, 0.2) is 0 Å². The summed E-state index contributed by atoms with van der Waals surface area (Å²) in [5.41, 5.74) is 0. The van der Waals surface area contributed by atoms with Crippen LogP contribution in [0, 0.1) is 0 Å². The Morgan fingerprint density at radius 1 is 0.365 bits per heavy atom. The van der Waals surface area contributed by atoms with Crippen LogP contribution in [-0.2, 0) is 9.59 Å². The molecule has 2 N–H and O–H groups in total. The summed E-state index contributed by atoms with van der Waals surface area (Å²) in [5.74, 6) is 0.603. The second-order valence-corrected chi connectivity index (χ2v) is 16.8. The highest BCUT2D eigenvalue weighted by Crippen LogP contribution is 2.17. The predicted octanol–water partition coefficient (Wildman–Crippen LogP) is 15.5. The first kappa shape index (κ1) is 51.1. The number of Topliss-reactive ketones (excluding diaryl/α,β-unsaturated/α-hetero) is 1. The Labute approximate surface area is 327 Å². The van der Waals surface area contributed by atoms with E-state index in [0.717, 1.165) is 51.4 Å². The van der Waals surface area contributed by atoms with E-state index in [1.165, 1.54) is 212 Å². The summed E-state index contributed by atoms with van der Waals surface area (Å²) in [4.78, 5) is 24.3. The second kappa shape index (κ2) is 44.5. The van der Waals surface area contributed by atoms with Crippen LogP contribution >= 0.6 is 0 Å². The maximum atomic E-state index is 12.2. The van der Waals surface area contributed by atoms with Crippen LogP contribution in [-0.4, -0.2) is 29.4 Å². The van der Waals surface area contributed by atoms with Crippen LogP contribution in [0.2, 0.25) is 0 Å². The number of rotatable bonds is 45. The number of amides is 1. The van der Waals surface area contributed by atoms with E-state index in [1.54, 1.807) is 0 Å². The van der Waals surface area contributed by atoms with Gasteiger partial charge in [0.05, 0.1) is 6.10 Å². The Morgan fingerprint density at radius 3 is 0.923 bits per heavy atom. The average Bonchev–Trinajstić information content (AvgIpc) is 3.14. The van der Waals surface area contributed by atoms with Crippen molar-refractivity contribution in [2.75, 3.05) is 6.54 Å². The van der Waals surface area contributed by atoms with Gasteiger partial charge in [-0.15, -0.1) is 0 Å². The van der Waals surface area contributed by atoms with E-state index in [4.69, 9.17) is 0 Å². The van der Waals surface area contributed by atoms with Gasteiger partial charge in [0.2, 0.25) is 5.91 Å². The number of hydrogen-bond acceptors (Lipinski definition) is 3. The van der Waals surface area contributed by atoms with E-state index < -0.39 is 6.10 Å². The Balaban J connectivity index is 3.29. The van der Waals surface area contributed by atoms with Crippen LogP contribution in [0.1, 0.15) is 284 Å². The SMILES string of the molecule is CCCCCCCCCCCCCCCC[C@@H](O)CNC(=O)CCCCCCCCCCCCCCCC(=O)CCCCCCCCCCCCC. The van der Waals surface area contributed by atoms with Gasteiger partial charge in [-0.1, -0.05) is 239 Å². The lowest BCUT2D eigenvalue weighted by Crippen LogP contribution is -2.31. The van der Waals surface area contributed by atoms with E-state index in [-0.39, 0.29) is 5.91 Å². The summed E-state index contributed by atoms with van der Waals surface area (Å²) in [5, 5.41) is 13.2. The first-order chi connectivity index (χ1) is 25.6. The van der Waals surface area contributed by atoms with Crippen molar-refractivity contribution in [3.63, 3.8) is 0 Å². The van der Waals surface area contributed by atoms with Gasteiger partial charge in [-0.05, 0) is 25.7 Å². The van der Waals surface area contributed by atoms with Crippen molar-refractivity contribution in [3.8, 4) is 0 Å². The molecule has 0 heterocycles. The normalized spacial score (nSPS) is 12.1. The molecule has 1 atom stereocenters. The minimum Gasteiger partial charge on any atom is -0.391 e. The topological polar surface area (TPSA) is 66.4 Å². The van der Waals surface area contributed by atoms with Crippen LogP contribution in [0.4, 0.5) is 0 Å². The number of aliphatic hydroxyl groups is 1. The molecule has 0 fully saturated rings. The molecule has 4 nitrogen and oxygen atoms in total. The number of carbonyl (C=O) groups excluding carboxylic acids is 2. The lowest BCUT2D eigenvalue weighted by Gasteiger charge is -2.12. The predicted molar refractivity (Wildman–Crippen MR) is 229 cm³/mol. The van der Waals surface area contributed by atoms with E-state index >= 15 is 0 Å². The second-order valence-electron chi connectivity index (χ2n) is 16.8. The average molecular weight is 734 g/mol. The molecule has 0 rings (SSSR count). The highest BCUT2D eigenvalue weighted by atomic mass is 16.3. The first-order valence-electron chi connectivity index (χ1n) is 24.1. The number of carbonyl (C=O) groups is 2. The molecule has 4 heteroatoms. The molecule has 52 heavy (non-hydrogen) atoms. The molecule has 0 spiro atoms. The van der Waals surface area contributed by atoms with Crippen molar-refractivity contribution in [1.82, 2.24) is 5.32 Å². The fourth-order valence-electron chi connectivity index (χ4n) is 7.66. The molecule has 0 aliphatic carbocycles. The van der Waals surface area contributed by atoms with Crippen LogP contribution in [0.5, 0.6) is 0 Å². The quantitative estimate of drug-likeness (QED) is 0.0612. The molecule has 0 unspecified atom stereocenters. The van der Waals surface area contributed by atoms with Crippen molar-refractivity contribution < 1.29 is 14.7 Å². The van der Waals surface area contributed by atoms with Gasteiger partial charge in [-0.25, -0.2) is 0 Å². The molecule has 0 aromatic heterocycles. The van der Waals surface area contributed by atoms with Gasteiger partial charge in [0.25, 0.3) is 0 Å². The van der Waals surface area contributed by atoms with E-state index in [9.17, 15) is 14.7 Å². The van der Waals surface area contributed by atoms with E-state index in [1.807, 2.05) is 0 Å². The standard InChI is InChI=1S/C48H95NO3/c1-3-5-7-9-11-13-15-16-18-23-27-31-35-39-43-47(51)45-49-48(52)44-40-36-32-28-24-20-17-19-22-26-30-34-38-42-46(50)41-37-33-29-25-21-14-12-10-8-6-4-2/h47,51H,3-45H2,1-2H3,(H,49,52)/t47-/m1/s1. The summed E-state index contributed by atoms with van der Waals surface area (Å²) >= 11 is 0. The van der Waals surface area contributed by atoms with Gasteiger partial charge < -0.3 is 10.4 Å². The van der Waals surface area contributed by atoms with Crippen LogP contribution < -0.4 is 5.32 Å². The lowest BCUT2D eigenvalue weighted by atomic mass is 10.0. The molecular weight excluding hydrogens is 639 g/mol. The number of hydrogen-bond donors (Lipinski definition) is 2. The summed E-state index contributed by atoms with van der Waals surface area (Å²) in [6, 6.07) is 0. The molecular formula is C48H95NO3. The van der Waals surface area contributed by atoms with Crippen molar-refractivity contribution in [2.45, 2.75) is 290 Å². The summed E-state index contributed by atoms with van der Waals surface area (Å²) < 4.78 is 0. The summed E-state index contributed by atoms with van der Waals surface area (Å²) in [6.45, 7) is 4.97. The Kier molecular flexibility index (Phi) is 43.7. The van der Waals surface area contributed by atoms with Crippen LogP contribution in [0.25, 0.3) is 0 Å². The maximum Gasteiger partial charge on any atom is 0.220 e. The fourth-order valence-corrected chi connectivity index (χ4v) is 7.66. The largest absolute Gasteiger partial charge is 0.391 e. The van der Waals surface area contributed by atoms with Crippen molar-refractivity contribution in [2.24, 2.45) is 0 Å². The number of nitrogens with one attached hydrogen (secondary N) is 1. The minimum atomic E-state index is -0.397. The Morgan fingerprint density at radius 2 is 0.615 bits per heavy atom. The Bertz CT molecular complexity index is 710. The smallest absolute Gasteiger partial charge is 0.220 e. The minimum absolute atomic E-state index is 0.103. The monoisotopic (exact) mass is 734 g/mol. The summed E-state index contributed by atoms with van der Waals surface area (Å²) in [7, 11) is 0. The molecule has 0 aliphatic rings. The van der Waals surface area contributed by atoms with Gasteiger partial charge >= 0.3 is 0 Å². The maximum absolute atomic E-state index is 12.2. The molecule has 310 valence electrons. The van der Waals surface area contributed by atoms with Gasteiger partial charge in [0.1, 0.15) is 5.78 Å². The van der Waals surface area contributed by atoms with Crippen molar-refractivity contribution in [1.29, 1.82) is 0 Å². The third-order valence-corrected chi connectivity index (χ3v) is 11.3. The van der Waals surface area contributed by atoms with Crippen molar-refractivity contribution >= 4 is 11.7 Å². The van der Waals surface area contributed by atoms with Crippen LogP contribution in [0.3, 0.4) is 0 Å². The Hall–Kier alpha value is -0.900. The molecule has 0 radical (unpaired) electrons. The zero-order chi connectivity index (χ0) is 37.8. The molecule has 0 saturated carbocycles. The lowest BCUT2D eigenvalue weighted by molar-refractivity contribution is -0.121. The van der Waals surface area contributed by atoms with Gasteiger partial charge in [-0.2, -0.15) is 0 Å². The van der Waals surface area contributed by atoms with Gasteiger partial charge in [0, 0.05) is 25.8 Å². The highest BCUT2D eigenvalue weighted by molar-refractivity contribution is 5.78. The molecule has 0 aliphatic heterocycles. The third kappa shape index (κ3) is 43.5. The molecule has 0 bridgehead atoms. The number of aliphatic hydroxyl groups excluding tert-OH is 1. The zero-order valence-electron chi connectivity index (χ0n) is 35.7.